The van der Waals surface area contributed by atoms with Crippen LogP contribution in [0.25, 0.3) is 0 Å². The fraction of sp³-hybridized carbons (Fsp3) is 0.304. The number of nitro groups is 1. The summed E-state index contributed by atoms with van der Waals surface area (Å²) in [5, 5.41) is 13.0. The van der Waals surface area contributed by atoms with Crippen molar-refractivity contribution < 1.29 is 24.1 Å². The maximum absolute atomic E-state index is 13.4. The molecule has 9 heteroatoms. The molecule has 1 saturated heterocycles. The molecule has 2 aromatic carbocycles. The zero-order chi connectivity index (χ0) is 22.8. The minimum Gasteiger partial charge on any atom is -0.292 e. The number of hydrogen-bond donors (Lipinski definition) is 0. The summed E-state index contributed by atoms with van der Waals surface area (Å²) < 4.78 is 0. The predicted octanol–water partition coefficient (Wildman–Crippen LogP) is 3.01. The van der Waals surface area contributed by atoms with Gasteiger partial charge in [0.15, 0.2) is 5.78 Å². The number of carbonyl (C=O) groups excluding carboxylic acids is 4. The van der Waals surface area contributed by atoms with Gasteiger partial charge in [-0.2, -0.15) is 5.01 Å². The highest BCUT2D eigenvalue weighted by Gasteiger charge is 2.52. The molecule has 0 unspecified atom stereocenters. The Labute approximate surface area is 183 Å². The smallest absolute Gasteiger partial charge is 0.282 e. The van der Waals surface area contributed by atoms with Crippen LogP contribution in [0.3, 0.4) is 0 Å². The van der Waals surface area contributed by atoms with E-state index in [1.807, 2.05) is 0 Å². The zero-order valence-corrected chi connectivity index (χ0v) is 17.2. The monoisotopic (exact) mass is 435 g/mol. The third kappa shape index (κ3) is 3.77. The van der Waals surface area contributed by atoms with Gasteiger partial charge in [-0.3, -0.25) is 29.3 Å². The van der Waals surface area contributed by atoms with Gasteiger partial charge in [0.25, 0.3) is 23.4 Å². The summed E-state index contributed by atoms with van der Waals surface area (Å²) in [5.41, 5.74) is -0.468. The lowest BCUT2D eigenvalue weighted by Crippen LogP contribution is -2.52. The number of rotatable bonds is 6. The molecule has 2 aromatic rings. The molecule has 9 nitrogen and oxygen atoms in total. The summed E-state index contributed by atoms with van der Waals surface area (Å²) in [5.74, 6) is -3.58. The second-order valence-electron chi connectivity index (χ2n) is 7.91. The van der Waals surface area contributed by atoms with Crippen LogP contribution in [0.5, 0.6) is 0 Å². The average Bonchev–Trinajstić information content (AvgIpc) is 3.07. The molecule has 1 aliphatic carbocycles. The molecule has 164 valence electrons. The van der Waals surface area contributed by atoms with Crippen molar-refractivity contribution in [1.29, 1.82) is 0 Å². The standard InChI is InChI=1S/C23H21N3O6/c27-20(15-8-2-1-3-9-15)14-24(21(28)18-12-6-7-13-19(18)26(31)32)25-22(29)16-10-4-5-11-17(16)23(25)30/h1-3,6-9,12-13,16-17H,4-5,10-11,14H2/t16-,17-/m1/s1. The van der Waals surface area contributed by atoms with Gasteiger partial charge in [0.1, 0.15) is 12.1 Å². The molecule has 2 atom stereocenters. The molecule has 3 amide bonds. The van der Waals surface area contributed by atoms with E-state index in [1.54, 1.807) is 30.3 Å². The van der Waals surface area contributed by atoms with Crippen LogP contribution in [0.15, 0.2) is 54.6 Å². The zero-order valence-electron chi connectivity index (χ0n) is 17.2. The van der Waals surface area contributed by atoms with Crippen molar-refractivity contribution in [2.45, 2.75) is 25.7 Å². The minimum atomic E-state index is -0.943. The molecule has 0 aromatic heterocycles. The number of para-hydroxylation sites is 1. The number of hydrogen-bond acceptors (Lipinski definition) is 6. The van der Waals surface area contributed by atoms with Gasteiger partial charge in [-0.1, -0.05) is 55.3 Å². The molecule has 1 heterocycles. The lowest BCUT2D eigenvalue weighted by Gasteiger charge is -2.30. The Morgan fingerprint density at radius 2 is 1.50 bits per heavy atom. The molecule has 1 aliphatic heterocycles. The summed E-state index contributed by atoms with van der Waals surface area (Å²) in [4.78, 5) is 63.4. The number of nitrogens with zero attached hydrogens (tertiary/aromatic N) is 3. The second-order valence-corrected chi connectivity index (χ2v) is 7.91. The van der Waals surface area contributed by atoms with Crippen LogP contribution in [-0.4, -0.2) is 45.0 Å². The number of nitro benzene ring substituents is 1. The van der Waals surface area contributed by atoms with Crippen molar-refractivity contribution in [2.24, 2.45) is 11.8 Å². The van der Waals surface area contributed by atoms with Gasteiger partial charge in [-0.05, 0) is 18.9 Å². The molecule has 32 heavy (non-hydrogen) atoms. The van der Waals surface area contributed by atoms with Gasteiger partial charge < -0.3 is 0 Å². The largest absolute Gasteiger partial charge is 0.292 e. The van der Waals surface area contributed by atoms with E-state index in [2.05, 4.69) is 0 Å². The summed E-state index contributed by atoms with van der Waals surface area (Å²) >= 11 is 0. The molecule has 0 radical (unpaired) electrons. The molecular formula is C23H21N3O6. The number of Topliss-reactive ketones (excluding diaryl/α,β-unsaturated/α-hetero) is 1. The third-order valence-corrected chi connectivity index (χ3v) is 6.01. The number of benzene rings is 2. The van der Waals surface area contributed by atoms with E-state index < -0.39 is 52.5 Å². The summed E-state index contributed by atoms with van der Waals surface area (Å²) in [6.07, 6.45) is 2.67. The highest BCUT2D eigenvalue weighted by Crippen LogP contribution is 2.39. The normalized spacial score (nSPS) is 20.1. The second kappa shape index (κ2) is 8.70. The molecule has 1 saturated carbocycles. The van der Waals surface area contributed by atoms with Crippen molar-refractivity contribution in [1.82, 2.24) is 10.0 Å². The van der Waals surface area contributed by atoms with Crippen LogP contribution in [0.2, 0.25) is 0 Å². The van der Waals surface area contributed by atoms with Gasteiger partial charge in [-0.25, -0.2) is 5.01 Å². The minimum absolute atomic E-state index is 0.296. The number of amides is 3. The van der Waals surface area contributed by atoms with E-state index >= 15 is 0 Å². The number of carbonyl (C=O) groups is 4. The SMILES string of the molecule is O=C(CN(C(=O)c1ccccc1[N+](=O)[O-])N1C(=O)[C@@H]2CCCC[C@H]2C1=O)c1ccccc1. The molecule has 4 rings (SSSR count). The van der Waals surface area contributed by atoms with Crippen molar-refractivity contribution in [2.75, 3.05) is 6.54 Å². The van der Waals surface area contributed by atoms with Gasteiger partial charge in [0.2, 0.25) is 0 Å². The Bertz CT molecular complexity index is 1080. The Kier molecular flexibility index (Phi) is 5.81. The number of hydrazine groups is 1. The van der Waals surface area contributed by atoms with E-state index in [9.17, 15) is 29.3 Å². The molecule has 0 N–H and O–H groups in total. The van der Waals surface area contributed by atoms with Crippen LogP contribution in [-0.2, 0) is 9.59 Å². The van der Waals surface area contributed by atoms with Crippen molar-refractivity contribution in [3.63, 3.8) is 0 Å². The fourth-order valence-electron chi connectivity index (χ4n) is 4.42. The highest BCUT2D eigenvalue weighted by molar-refractivity contribution is 6.10. The van der Waals surface area contributed by atoms with Crippen molar-refractivity contribution in [3.05, 3.63) is 75.8 Å². The van der Waals surface area contributed by atoms with Gasteiger partial charge in [0, 0.05) is 11.6 Å². The lowest BCUT2D eigenvalue weighted by atomic mass is 9.81. The maximum atomic E-state index is 13.4. The molecule has 0 spiro atoms. The first-order valence-corrected chi connectivity index (χ1v) is 10.4. The Morgan fingerprint density at radius 1 is 0.938 bits per heavy atom. The van der Waals surface area contributed by atoms with E-state index in [4.69, 9.17) is 0 Å². The molecule has 2 aliphatic rings. The van der Waals surface area contributed by atoms with Crippen LogP contribution in [0.1, 0.15) is 46.4 Å². The Hall–Kier alpha value is -3.88. The average molecular weight is 435 g/mol. The first kappa shape index (κ1) is 21.4. The molecule has 0 bridgehead atoms. The van der Waals surface area contributed by atoms with E-state index in [1.165, 1.54) is 18.2 Å². The summed E-state index contributed by atoms with van der Waals surface area (Å²) in [6, 6.07) is 13.4. The van der Waals surface area contributed by atoms with Crippen LogP contribution in [0, 0.1) is 22.0 Å². The van der Waals surface area contributed by atoms with Gasteiger partial charge in [0.05, 0.1) is 16.8 Å². The first-order valence-electron chi connectivity index (χ1n) is 10.4. The number of ketones is 1. The van der Waals surface area contributed by atoms with E-state index in [-0.39, 0.29) is 5.56 Å². The summed E-state index contributed by atoms with van der Waals surface area (Å²) in [7, 11) is 0. The van der Waals surface area contributed by atoms with Crippen molar-refractivity contribution in [3.8, 4) is 0 Å². The topological polar surface area (TPSA) is 118 Å². The Morgan fingerprint density at radius 3 is 2.09 bits per heavy atom. The van der Waals surface area contributed by atoms with Gasteiger partial charge in [-0.15, -0.1) is 0 Å². The molecule has 2 fully saturated rings. The van der Waals surface area contributed by atoms with E-state index in [0.29, 0.717) is 18.4 Å². The quantitative estimate of drug-likeness (QED) is 0.298. The van der Waals surface area contributed by atoms with Crippen molar-refractivity contribution >= 4 is 29.2 Å². The highest BCUT2D eigenvalue weighted by atomic mass is 16.6. The first-order chi connectivity index (χ1) is 15.4. The summed E-state index contributed by atoms with van der Waals surface area (Å²) in [6.45, 7) is -0.591. The van der Waals surface area contributed by atoms with Crippen LogP contribution < -0.4 is 0 Å². The van der Waals surface area contributed by atoms with Crippen LogP contribution >= 0.6 is 0 Å². The number of imide groups is 1. The third-order valence-electron chi connectivity index (χ3n) is 6.01. The number of fused-ring (bicyclic) bond motifs is 1. The Balaban J connectivity index is 1.74. The fourth-order valence-corrected chi connectivity index (χ4v) is 4.42. The lowest BCUT2D eigenvalue weighted by molar-refractivity contribution is -0.385. The van der Waals surface area contributed by atoms with Crippen LogP contribution in [0.4, 0.5) is 5.69 Å². The van der Waals surface area contributed by atoms with E-state index in [0.717, 1.165) is 28.9 Å². The predicted molar refractivity (Wildman–Crippen MR) is 112 cm³/mol. The molecular weight excluding hydrogens is 414 g/mol. The van der Waals surface area contributed by atoms with Gasteiger partial charge >= 0.3 is 0 Å². The maximum Gasteiger partial charge on any atom is 0.282 e.